The highest BCUT2D eigenvalue weighted by atomic mass is 16.5. The normalized spacial score (nSPS) is 11.0. The highest BCUT2D eigenvalue weighted by molar-refractivity contribution is 5.88. The average Bonchev–Trinajstić information content (AvgIpc) is 2.58. The van der Waals surface area contributed by atoms with Crippen LogP contribution in [0.4, 0.5) is 5.69 Å². The molecule has 6 heteroatoms. The van der Waals surface area contributed by atoms with E-state index >= 15 is 0 Å². The molecule has 0 saturated carbocycles. The second-order valence-electron chi connectivity index (χ2n) is 5.04. The van der Waals surface area contributed by atoms with Crippen molar-refractivity contribution < 1.29 is 19.7 Å². The molecule has 6 nitrogen and oxygen atoms in total. The van der Waals surface area contributed by atoms with Gasteiger partial charge in [-0.05, 0) is 32.9 Å². The Bertz CT molecular complexity index is 729. The SMILES string of the molecule is CCOc1ccc(OCC)c(N=Cc2c(CO)cnc(C)c2O)c1. The van der Waals surface area contributed by atoms with Gasteiger partial charge in [-0.2, -0.15) is 0 Å². The maximum atomic E-state index is 10.2. The van der Waals surface area contributed by atoms with E-state index in [1.165, 1.54) is 12.4 Å². The monoisotopic (exact) mass is 330 g/mol. The predicted octanol–water partition coefficient (Wildman–Crippen LogP) is 3.14. The van der Waals surface area contributed by atoms with E-state index in [0.717, 1.165) is 0 Å². The van der Waals surface area contributed by atoms with Crippen LogP contribution in [0.1, 0.15) is 30.7 Å². The minimum absolute atomic E-state index is 0.00391. The third-order valence-electron chi connectivity index (χ3n) is 3.40. The number of hydrogen-bond donors (Lipinski definition) is 2. The van der Waals surface area contributed by atoms with Crippen molar-refractivity contribution in [2.24, 2.45) is 4.99 Å². The molecule has 0 fully saturated rings. The highest BCUT2D eigenvalue weighted by Crippen LogP contribution is 2.32. The number of aliphatic hydroxyl groups is 1. The number of aryl methyl sites for hydroxylation is 1. The standard InChI is InChI=1S/C18H22N2O4/c1-4-23-14-6-7-17(24-5-2)16(8-14)20-10-15-13(11-21)9-19-12(3)18(15)22/h6-10,21-22H,4-5,11H2,1-3H3. The molecule has 0 unspecified atom stereocenters. The van der Waals surface area contributed by atoms with Gasteiger partial charge in [0.25, 0.3) is 0 Å². The molecule has 24 heavy (non-hydrogen) atoms. The molecule has 0 bridgehead atoms. The first-order chi connectivity index (χ1) is 11.6. The van der Waals surface area contributed by atoms with E-state index in [0.29, 0.717) is 47.2 Å². The summed E-state index contributed by atoms with van der Waals surface area (Å²) in [6.45, 7) is 6.32. The van der Waals surface area contributed by atoms with E-state index in [-0.39, 0.29) is 12.4 Å². The third kappa shape index (κ3) is 4.02. The van der Waals surface area contributed by atoms with E-state index in [9.17, 15) is 10.2 Å². The van der Waals surface area contributed by atoms with Crippen LogP contribution in [0.15, 0.2) is 29.4 Å². The molecule has 2 aromatic rings. The number of aromatic hydroxyl groups is 1. The fourth-order valence-electron chi connectivity index (χ4n) is 2.19. The molecule has 0 aliphatic rings. The summed E-state index contributed by atoms with van der Waals surface area (Å²) in [6.07, 6.45) is 3.03. The Kier molecular flexibility index (Phi) is 6.14. The van der Waals surface area contributed by atoms with Crippen molar-refractivity contribution >= 4 is 11.9 Å². The first kappa shape index (κ1) is 17.7. The highest BCUT2D eigenvalue weighted by Gasteiger charge is 2.10. The van der Waals surface area contributed by atoms with E-state index < -0.39 is 0 Å². The smallest absolute Gasteiger partial charge is 0.145 e. The summed E-state index contributed by atoms with van der Waals surface area (Å²) in [7, 11) is 0. The second kappa shape index (κ2) is 8.31. The van der Waals surface area contributed by atoms with Crippen LogP contribution in [0.25, 0.3) is 0 Å². The quantitative estimate of drug-likeness (QED) is 0.762. The molecule has 0 amide bonds. The van der Waals surface area contributed by atoms with Crippen LogP contribution in [0.5, 0.6) is 17.2 Å². The fraction of sp³-hybridized carbons (Fsp3) is 0.333. The molecule has 0 aliphatic heterocycles. The van der Waals surface area contributed by atoms with Crippen molar-refractivity contribution in [3.05, 3.63) is 41.2 Å². The van der Waals surface area contributed by atoms with Crippen LogP contribution in [0, 0.1) is 6.92 Å². The molecule has 128 valence electrons. The molecule has 2 rings (SSSR count). The summed E-state index contributed by atoms with van der Waals surface area (Å²) >= 11 is 0. The number of hydrogen-bond acceptors (Lipinski definition) is 6. The number of aliphatic imine (C=N–C) groups is 1. The Hall–Kier alpha value is -2.60. The van der Waals surface area contributed by atoms with Crippen LogP contribution in [-0.4, -0.2) is 34.6 Å². The average molecular weight is 330 g/mol. The predicted molar refractivity (Wildman–Crippen MR) is 92.6 cm³/mol. The Labute approximate surface area is 141 Å². The summed E-state index contributed by atoms with van der Waals surface area (Å²) in [5, 5.41) is 19.6. The molecule has 0 aliphatic carbocycles. The Morgan fingerprint density at radius 3 is 2.62 bits per heavy atom. The number of ether oxygens (including phenoxy) is 2. The molecule has 0 atom stereocenters. The zero-order valence-corrected chi connectivity index (χ0v) is 14.1. The van der Waals surface area contributed by atoms with Gasteiger partial charge in [-0.3, -0.25) is 9.98 Å². The third-order valence-corrected chi connectivity index (χ3v) is 3.40. The topological polar surface area (TPSA) is 84.2 Å². The van der Waals surface area contributed by atoms with Gasteiger partial charge in [-0.15, -0.1) is 0 Å². The number of pyridine rings is 1. The summed E-state index contributed by atoms with van der Waals surface area (Å²) in [5.41, 5.74) is 2.00. The molecule has 1 heterocycles. The Balaban J connectivity index is 2.44. The number of aromatic nitrogens is 1. The van der Waals surface area contributed by atoms with Gasteiger partial charge in [-0.25, -0.2) is 0 Å². The van der Waals surface area contributed by atoms with Gasteiger partial charge in [-0.1, -0.05) is 0 Å². The lowest BCUT2D eigenvalue weighted by molar-refractivity contribution is 0.280. The number of benzene rings is 1. The van der Waals surface area contributed by atoms with Crippen LogP contribution in [-0.2, 0) is 6.61 Å². The molecule has 0 radical (unpaired) electrons. The Morgan fingerprint density at radius 2 is 1.96 bits per heavy atom. The summed E-state index contributed by atoms with van der Waals surface area (Å²) in [4.78, 5) is 8.45. The number of aliphatic hydroxyl groups excluding tert-OH is 1. The summed E-state index contributed by atoms with van der Waals surface area (Å²) in [6, 6.07) is 5.39. The van der Waals surface area contributed by atoms with Gasteiger partial charge < -0.3 is 19.7 Å². The number of nitrogens with zero attached hydrogens (tertiary/aromatic N) is 2. The molecule has 1 aromatic heterocycles. The van der Waals surface area contributed by atoms with Crippen molar-refractivity contribution in [1.82, 2.24) is 4.98 Å². The van der Waals surface area contributed by atoms with Gasteiger partial charge in [0.1, 0.15) is 22.9 Å². The van der Waals surface area contributed by atoms with Crippen molar-refractivity contribution in [2.75, 3.05) is 13.2 Å². The molecule has 2 N–H and O–H groups in total. The van der Waals surface area contributed by atoms with Crippen LogP contribution < -0.4 is 9.47 Å². The lowest BCUT2D eigenvalue weighted by Crippen LogP contribution is -1.98. The molecule has 0 spiro atoms. The van der Waals surface area contributed by atoms with E-state index in [4.69, 9.17) is 9.47 Å². The zero-order valence-electron chi connectivity index (χ0n) is 14.1. The summed E-state index contributed by atoms with van der Waals surface area (Å²) in [5.74, 6) is 1.31. The van der Waals surface area contributed by atoms with Gasteiger partial charge in [0.15, 0.2) is 0 Å². The maximum Gasteiger partial charge on any atom is 0.145 e. The minimum atomic E-state index is -0.237. The fourth-order valence-corrected chi connectivity index (χ4v) is 2.19. The van der Waals surface area contributed by atoms with Crippen molar-refractivity contribution in [2.45, 2.75) is 27.4 Å². The van der Waals surface area contributed by atoms with Gasteiger partial charge in [0, 0.05) is 29.6 Å². The van der Waals surface area contributed by atoms with E-state index in [1.54, 1.807) is 19.1 Å². The Morgan fingerprint density at radius 1 is 1.21 bits per heavy atom. The van der Waals surface area contributed by atoms with Gasteiger partial charge in [0.05, 0.1) is 25.5 Å². The zero-order chi connectivity index (χ0) is 17.5. The van der Waals surface area contributed by atoms with Crippen LogP contribution in [0.2, 0.25) is 0 Å². The van der Waals surface area contributed by atoms with Crippen LogP contribution in [0.3, 0.4) is 0 Å². The molecule has 0 saturated heterocycles. The lowest BCUT2D eigenvalue weighted by atomic mass is 10.1. The number of rotatable bonds is 7. The van der Waals surface area contributed by atoms with Crippen molar-refractivity contribution in [3.63, 3.8) is 0 Å². The molecular weight excluding hydrogens is 308 g/mol. The lowest BCUT2D eigenvalue weighted by Gasteiger charge is -2.10. The molecular formula is C18H22N2O4. The van der Waals surface area contributed by atoms with Crippen molar-refractivity contribution in [1.29, 1.82) is 0 Å². The maximum absolute atomic E-state index is 10.2. The van der Waals surface area contributed by atoms with Gasteiger partial charge in [0.2, 0.25) is 0 Å². The largest absolute Gasteiger partial charge is 0.505 e. The second-order valence-corrected chi connectivity index (χ2v) is 5.04. The van der Waals surface area contributed by atoms with E-state index in [2.05, 4.69) is 9.98 Å². The van der Waals surface area contributed by atoms with E-state index in [1.807, 2.05) is 19.9 Å². The first-order valence-electron chi connectivity index (χ1n) is 7.82. The summed E-state index contributed by atoms with van der Waals surface area (Å²) < 4.78 is 11.1. The van der Waals surface area contributed by atoms with Gasteiger partial charge >= 0.3 is 0 Å². The van der Waals surface area contributed by atoms with Crippen LogP contribution >= 0.6 is 0 Å². The first-order valence-corrected chi connectivity index (χ1v) is 7.82. The molecule has 1 aromatic carbocycles. The van der Waals surface area contributed by atoms with Crippen molar-refractivity contribution in [3.8, 4) is 17.2 Å². The minimum Gasteiger partial charge on any atom is -0.505 e.